The molecule has 0 atom stereocenters. The molecule has 1 aromatic carbocycles. The van der Waals surface area contributed by atoms with E-state index in [-0.39, 0.29) is 23.2 Å². The van der Waals surface area contributed by atoms with Crippen LogP contribution in [0.1, 0.15) is 33.7 Å². The second kappa shape index (κ2) is 8.15. The monoisotopic (exact) mass is 392 g/mol. The van der Waals surface area contributed by atoms with Gasteiger partial charge in [-0.2, -0.15) is 0 Å². The Labute approximate surface area is 157 Å². The number of pyridine rings is 1. The van der Waals surface area contributed by atoms with Gasteiger partial charge in [-0.1, -0.05) is 6.07 Å². The van der Waals surface area contributed by atoms with E-state index in [2.05, 4.69) is 15.6 Å². The van der Waals surface area contributed by atoms with E-state index in [0.29, 0.717) is 38.1 Å². The standard InChI is InChI=1S/C18H15F3N4O3/c19-11-8-12(20)16(13(21)9-11)18(27)23-15-3-1-2-14(22-15)17(26)10-4-6-25(24-28)7-5-10/h1-3,8-10H,4-7H2,(H,22,23,27). The van der Waals surface area contributed by atoms with E-state index in [4.69, 9.17) is 0 Å². The number of Topliss-reactive ketones (excluding diaryl/α,β-unsaturated/α-hetero) is 1. The van der Waals surface area contributed by atoms with Crippen molar-refractivity contribution in [2.75, 3.05) is 18.4 Å². The number of piperidine rings is 1. The van der Waals surface area contributed by atoms with Gasteiger partial charge in [0, 0.05) is 31.1 Å². The lowest BCUT2D eigenvalue weighted by molar-refractivity contribution is 0.0835. The molecule has 7 nitrogen and oxygen atoms in total. The van der Waals surface area contributed by atoms with Crippen LogP contribution in [0.25, 0.3) is 0 Å². The summed E-state index contributed by atoms with van der Waals surface area (Å²) in [6.07, 6.45) is 0.879. The Morgan fingerprint density at radius 2 is 1.75 bits per heavy atom. The highest BCUT2D eigenvalue weighted by Crippen LogP contribution is 2.22. The molecule has 10 heteroatoms. The molecule has 1 aliphatic rings. The Bertz CT molecular complexity index is 907. The molecule has 1 fully saturated rings. The van der Waals surface area contributed by atoms with Crippen molar-refractivity contribution in [2.24, 2.45) is 11.2 Å². The number of rotatable bonds is 5. The van der Waals surface area contributed by atoms with Crippen LogP contribution in [-0.2, 0) is 0 Å². The molecule has 0 aliphatic carbocycles. The van der Waals surface area contributed by atoms with Crippen molar-refractivity contribution in [3.05, 3.63) is 63.9 Å². The molecule has 28 heavy (non-hydrogen) atoms. The minimum atomic E-state index is -1.35. The van der Waals surface area contributed by atoms with Crippen molar-refractivity contribution < 1.29 is 22.8 Å². The summed E-state index contributed by atoms with van der Waals surface area (Å²) in [6, 6.07) is 5.07. The SMILES string of the molecule is O=NN1CCC(C(=O)c2cccc(NC(=O)c3c(F)cc(F)cc3F)n2)CC1. The fraction of sp³-hybridized carbons (Fsp3) is 0.278. The summed E-state index contributed by atoms with van der Waals surface area (Å²) in [4.78, 5) is 39.3. The number of aromatic nitrogens is 1. The quantitative estimate of drug-likeness (QED) is 0.623. The molecule has 1 amide bonds. The van der Waals surface area contributed by atoms with Gasteiger partial charge < -0.3 is 5.32 Å². The van der Waals surface area contributed by atoms with E-state index in [1.807, 2.05) is 0 Å². The largest absolute Gasteiger partial charge is 0.306 e. The fourth-order valence-electron chi connectivity index (χ4n) is 3.00. The van der Waals surface area contributed by atoms with Gasteiger partial charge in [0.1, 0.15) is 34.5 Å². The molecule has 1 saturated heterocycles. The van der Waals surface area contributed by atoms with Crippen molar-refractivity contribution in [2.45, 2.75) is 12.8 Å². The molecule has 2 aromatic rings. The van der Waals surface area contributed by atoms with Gasteiger partial charge >= 0.3 is 0 Å². The van der Waals surface area contributed by atoms with Crippen LogP contribution in [0.2, 0.25) is 0 Å². The summed E-state index contributed by atoms with van der Waals surface area (Å²) in [5.74, 6) is -5.68. The highest BCUT2D eigenvalue weighted by Gasteiger charge is 2.27. The minimum Gasteiger partial charge on any atom is -0.306 e. The molecule has 0 radical (unpaired) electrons. The molecule has 0 unspecified atom stereocenters. The number of hydrogen-bond acceptors (Lipinski definition) is 5. The fourth-order valence-corrected chi connectivity index (χ4v) is 3.00. The average Bonchev–Trinajstić information content (AvgIpc) is 2.67. The second-order valence-electron chi connectivity index (χ2n) is 6.28. The third-order valence-electron chi connectivity index (χ3n) is 4.43. The van der Waals surface area contributed by atoms with Crippen molar-refractivity contribution in [1.29, 1.82) is 0 Å². The summed E-state index contributed by atoms with van der Waals surface area (Å²) in [6.45, 7) is 0.721. The summed E-state index contributed by atoms with van der Waals surface area (Å²) >= 11 is 0. The number of ketones is 1. The number of anilines is 1. The summed E-state index contributed by atoms with van der Waals surface area (Å²) in [5.41, 5.74) is -0.871. The van der Waals surface area contributed by atoms with Gasteiger partial charge in [0.15, 0.2) is 5.78 Å². The molecule has 0 spiro atoms. The van der Waals surface area contributed by atoms with Crippen LogP contribution in [0, 0.1) is 28.3 Å². The van der Waals surface area contributed by atoms with Crippen molar-refractivity contribution in [3.8, 4) is 0 Å². The normalized spacial score (nSPS) is 14.6. The summed E-state index contributed by atoms with van der Waals surface area (Å²) < 4.78 is 40.4. The Kier molecular flexibility index (Phi) is 5.67. The van der Waals surface area contributed by atoms with Crippen LogP contribution in [0.4, 0.5) is 19.0 Å². The maximum atomic E-state index is 13.7. The summed E-state index contributed by atoms with van der Waals surface area (Å²) in [5, 5.41) is 6.37. The number of hydrogen-bond donors (Lipinski definition) is 1. The van der Waals surface area contributed by atoms with Crippen LogP contribution in [0.3, 0.4) is 0 Å². The van der Waals surface area contributed by atoms with Crippen LogP contribution in [0.5, 0.6) is 0 Å². The number of carbonyl (C=O) groups is 2. The molecule has 1 N–H and O–H groups in total. The molecule has 1 aromatic heterocycles. The maximum absolute atomic E-state index is 13.7. The first-order valence-corrected chi connectivity index (χ1v) is 8.44. The van der Waals surface area contributed by atoms with Crippen molar-refractivity contribution in [3.63, 3.8) is 0 Å². The number of benzene rings is 1. The van der Waals surface area contributed by atoms with Crippen molar-refractivity contribution >= 4 is 17.5 Å². The number of nitrogens with zero attached hydrogens (tertiary/aromatic N) is 3. The van der Waals surface area contributed by atoms with E-state index >= 15 is 0 Å². The zero-order valence-electron chi connectivity index (χ0n) is 14.5. The van der Waals surface area contributed by atoms with E-state index in [1.165, 1.54) is 23.2 Å². The molecule has 0 saturated carbocycles. The van der Waals surface area contributed by atoms with E-state index < -0.39 is 28.9 Å². The van der Waals surface area contributed by atoms with Gasteiger partial charge in [-0.25, -0.2) is 18.2 Å². The lowest BCUT2D eigenvalue weighted by atomic mass is 9.91. The Balaban J connectivity index is 1.74. The van der Waals surface area contributed by atoms with Gasteiger partial charge in [0.25, 0.3) is 5.91 Å². The third kappa shape index (κ3) is 4.16. The third-order valence-corrected chi connectivity index (χ3v) is 4.43. The van der Waals surface area contributed by atoms with Crippen molar-refractivity contribution in [1.82, 2.24) is 9.99 Å². The topological polar surface area (TPSA) is 91.7 Å². The van der Waals surface area contributed by atoms with Crippen LogP contribution < -0.4 is 5.32 Å². The Morgan fingerprint density at radius 1 is 1.11 bits per heavy atom. The van der Waals surface area contributed by atoms with E-state index in [0.717, 1.165) is 0 Å². The van der Waals surface area contributed by atoms with Crippen LogP contribution in [0.15, 0.2) is 35.6 Å². The lowest BCUT2D eigenvalue weighted by Crippen LogP contribution is -2.33. The molecular weight excluding hydrogens is 377 g/mol. The first-order chi connectivity index (χ1) is 13.4. The predicted octanol–water partition coefficient (Wildman–Crippen LogP) is 3.33. The zero-order chi connectivity index (χ0) is 20.3. The number of nitroso groups, excluding NO2 is 1. The highest BCUT2D eigenvalue weighted by atomic mass is 19.1. The van der Waals surface area contributed by atoms with Gasteiger partial charge in [0.05, 0.1) is 5.29 Å². The van der Waals surface area contributed by atoms with Gasteiger partial charge in [0.2, 0.25) is 0 Å². The summed E-state index contributed by atoms with van der Waals surface area (Å²) in [7, 11) is 0. The zero-order valence-corrected chi connectivity index (χ0v) is 14.5. The molecule has 0 bridgehead atoms. The van der Waals surface area contributed by atoms with Gasteiger partial charge in [-0.15, -0.1) is 4.91 Å². The second-order valence-corrected chi connectivity index (χ2v) is 6.28. The minimum absolute atomic E-state index is 0.0778. The van der Waals surface area contributed by atoms with Gasteiger partial charge in [-0.05, 0) is 25.0 Å². The first-order valence-electron chi connectivity index (χ1n) is 8.44. The van der Waals surface area contributed by atoms with Crippen LogP contribution in [-0.4, -0.2) is 34.8 Å². The lowest BCUT2D eigenvalue weighted by Gasteiger charge is -2.26. The Hall–Kier alpha value is -3.30. The van der Waals surface area contributed by atoms with E-state index in [1.54, 1.807) is 0 Å². The molecule has 2 heterocycles. The highest BCUT2D eigenvalue weighted by molar-refractivity contribution is 6.04. The predicted molar refractivity (Wildman–Crippen MR) is 92.9 cm³/mol. The number of nitrogens with one attached hydrogen (secondary N) is 1. The molecule has 146 valence electrons. The van der Waals surface area contributed by atoms with Crippen LogP contribution >= 0.6 is 0 Å². The molecule has 1 aliphatic heterocycles. The maximum Gasteiger partial charge on any atom is 0.262 e. The van der Waals surface area contributed by atoms with Gasteiger partial charge in [-0.3, -0.25) is 14.6 Å². The molecular formula is C18H15F3N4O3. The Morgan fingerprint density at radius 3 is 2.36 bits per heavy atom. The number of carbonyl (C=O) groups excluding carboxylic acids is 2. The number of halogens is 3. The van der Waals surface area contributed by atoms with E-state index in [9.17, 15) is 27.7 Å². The average molecular weight is 392 g/mol. The first kappa shape index (κ1) is 19.5. The smallest absolute Gasteiger partial charge is 0.262 e. The molecule has 3 rings (SSSR count). The number of amides is 1.